The van der Waals surface area contributed by atoms with Gasteiger partial charge >= 0.3 is 0 Å². The van der Waals surface area contributed by atoms with Crippen LogP contribution in [0, 0.1) is 5.92 Å². The number of para-hydroxylation sites is 1. The summed E-state index contributed by atoms with van der Waals surface area (Å²) >= 11 is 0. The van der Waals surface area contributed by atoms with E-state index >= 15 is 0 Å². The molecule has 0 spiro atoms. The molecule has 0 saturated heterocycles. The summed E-state index contributed by atoms with van der Waals surface area (Å²) in [4.78, 5) is 15.3. The zero-order valence-corrected chi connectivity index (χ0v) is 10.9. The van der Waals surface area contributed by atoms with Crippen LogP contribution in [0.15, 0.2) is 30.5 Å². The lowest BCUT2D eigenvalue weighted by molar-refractivity contribution is 0.0949. The molecule has 0 radical (unpaired) electrons. The van der Waals surface area contributed by atoms with Gasteiger partial charge in [0.15, 0.2) is 0 Å². The molecule has 3 rings (SSSR count). The zero-order chi connectivity index (χ0) is 13.2. The van der Waals surface area contributed by atoms with E-state index in [0.29, 0.717) is 12.0 Å². The molecule has 1 amide bonds. The molecule has 1 aliphatic carbocycles. The highest BCUT2D eigenvalue weighted by molar-refractivity contribution is 6.06. The molecule has 1 fully saturated rings. The lowest BCUT2D eigenvalue weighted by Crippen LogP contribution is -2.29. The average Bonchev–Trinajstić information content (AvgIpc) is 3.02. The predicted molar refractivity (Wildman–Crippen MR) is 75.9 cm³/mol. The highest BCUT2D eigenvalue weighted by atomic mass is 16.1. The molecular formula is C15H19N3O. The van der Waals surface area contributed by atoms with E-state index < -0.39 is 0 Å². The number of amides is 1. The van der Waals surface area contributed by atoms with Gasteiger partial charge in [0, 0.05) is 29.7 Å². The van der Waals surface area contributed by atoms with Crippen LogP contribution >= 0.6 is 0 Å². The highest BCUT2D eigenvalue weighted by Crippen LogP contribution is 2.23. The summed E-state index contributed by atoms with van der Waals surface area (Å²) in [5, 5.41) is 4.00. The van der Waals surface area contributed by atoms with Gasteiger partial charge in [-0.1, -0.05) is 18.2 Å². The topological polar surface area (TPSA) is 70.9 Å². The number of benzene rings is 1. The van der Waals surface area contributed by atoms with Crippen molar-refractivity contribution < 1.29 is 4.79 Å². The summed E-state index contributed by atoms with van der Waals surface area (Å²) < 4.78 is 0. The first-order valence-corrected chi connectivity index (χ1v) is 6.84. The van der Waals surface area contributed by atoms with E-state index in [2.05, 4.69) is 10.3 Å². The number of rotatable bonds is 3. The summed E-state index contributed by atoms with van der Waals surface area (Å²) in [6, 6.07) is 8.16. The molecule has 0 aliphatic heterocycles. The van der Waals surface area contributed by atoms with Crippen LogP contribution in [0.2, 0.25) is 0 Å². The van der Waals surface area contributed by atoms with Gasteiger partial charge in [0.1, 0.15) is 0 Å². The second-order valence-corrected chi connectivity index (χ2v) is 5.40. The van der Waals surface area contributed by atoms with E-state index in [-0.39, 0.29) is 5.91 Å². The Balaban J connectivity index is 1.67. The van der Waals surface area contributed by atoms with Gasteiger partial charge in [0.2, 0.25) is 0 Å². The van der Waals surface area contributed by atoms with E-state index in [9.17, 15) is 4.79 Å². The molecule has 1 aliphatic rings. The maximum Gasteiger partial charge on any atom is 0.253 e. The van der Waals surface area contributed by atoms with Gasteiger partial charge in [-0.25, -0.2) is 0 Å². The fraction of sp³-hybridized carbons (Fsp3) is 0.400. The minimum Gasteiger partial charge on any atom is -0.360 e. The van der Waals surface area contributed by atoms with Gasteiger partial charge in [-0.15, -0.1) is 0 Å². The third-order valence-corrected chi connectivity index (χ3v) is 3.97. The van der Waals surface area contributed by atoms with Crippen molar-refractivity contribution in [2.45, 2.75) is 25.3 Å². The molecule has 2 aromatic rings. The van der Waals surface area contributed by atoms with Gasteiger partial charge in [-0.2, -0.15) is 0 Å². The Morgan fingerprint density at radius 3 is 3.00 bits per heavy atom. The van der Waals surface area contributed by atoms with Gasteiger partial charge in [-0.05, 0) is 31.2 Å². The summed E-state index contributed by atoms with van der Waals surface area (Å²) in [5.74, 6) is 0.530. The molecule has 0 unspecified atom stereocenters. The number of hydrogen-bond acceptors (Lipinski definition) is 2. The first-order valence-electron chi connectivity index (χ1n) is 6.84. The predicted octanol–water partition coefficient (Wildman–Crippen LogP) is 2.03. The van der Waals surface area contributed by atoms with Crippen LogP contribution < -0.4 is 11.1 Å². The summed E-state index contributed by atoms with van der Waals surface area (Å²) in [5.41, 5.74) is 7.60. The molecule has 2 atom stereocenters. The second-order valence-electron chi connectivity index (χ2n) is 5.40. The standard InChI is InChI=1S/C15H19N3O/c16-11-6-5-10(7-11)8-18-15(19)13-9-17-14-4-2-1-3-12(13)14/h1-4,9-11,17H,5-8,16H2,(H,18,19)/t10-,11+/m0/s1. The Kier molecular flexibility index (Phi) is 3.25. The number of carbonyl (C=O) groups excluding carboxylic acids is 1. The van der Waals surface area contributed by atoms with Crippen molar-refractivity contribution in [2.24, 2.45) is 11.7 Å². The second kappa shape index (κ2) is 5.05. The third kappa shape index (κ3) is 2.49. The van der Waals surface area contributed by atoms with Crippen molar-refractivity contribution in [2.75, 3.05) is 6.54 Å². The van der Waals surface area contributed by atoms with E-state index in [4.69, 9.17) is 5.73 Å². The fourth-order valence-corrected chi connectivity index (χ4v) is 2.89. The molecule has 0 bridgehead atoms. The van der Waals surface area contributed by atoms with Gasteiger partial charge in [0.25, 0.3) is 5.91 Å². The smallest absolute Gasteiger partial charge is 0.253 e. The number of aromatic nitrogens is 1. The van der Waals surface area contributed by atoms with Crippen LogP contribution in [0.5, 0.6) is 0 Å². The Hall–Kier alpha value is -1.81. The van der Waals surface area contributed by atoms with Gasteiger partial charge < -0.3 is 16.0 Å². The summed E-state index contributed by atoms with van der Waals surface area (Å²) in [7, 11) is 0. The molecule has 19 heavy (non-hydrogen) atoms. The van der Waals surface area contributed by atoms with Crippen molar-refractivity contribution in [1.82, 2.24) is 10.3 Å². The lowest BCUT2D eigenvalue weighted by atomic mass is 10.1. The molecule has 1 saturated carbocycles. The molecule has 1 heterocycles. The minimum atomic E-state index is -0.00192. The van der Waals surface area contributed by atoms with Crippen molar-refractivity contribution in [3.05, 3.63) is 36.0 Å². The lowest BCUT2D eigenvalue weighted by Gasteiger charge is -2.10. The van der Waals surface area contributed by atoms with Crippen molar-refractivity contribution in [1.29, 1.82) is 0 Å². The van der Waals surface area contributed by atoms with Crippen LogP contribution in [0.1, 0.15) is 29.6 Å². The largest absolute Gasteiger partial charge is 0.360 e. The number of carbonyl (C=O) groups is 1. The average molecular weight is 257 g/mol. The maximum atomic E-state index is 12.2. The zero-order valence-electron chi connectivity index (χ0n) is 10.9. The minimum absolute atomic E-state index is 0.00192. The van der Waals surface area contributed by atoms with Crippen molar-refractivity contribution in [3.8, 4) is 0 Å². The first kappa shape index (κ1) is 12.2. The fourth-order valence-electron chi connectivity index (χ4n) is 2.89. The number of hydrogen-bond donors (Lipinski definition) is 3. The number of H-pyrrole nitrogens is 1. The normalized spacial score (nSPS) is 22.8. The molecule has 4 N–H and O–H groups in total. The quantitative estimate of drug-likeness (QED) is 0.787. The number of nitrogens with two attached hydrogens (primary N) is 1. The molecule has 1 aromatic heterocycles. The monoisotopic (exact) mass is 257 g/mol. The van der Waals surface area contributed by atoms with Crippen molar-refractivity contribution in [3.63, 3.8) is 0 Å². The number of fused-ring (bicyclic) bond motifs is 1. The third-order valence-electron chi connectivity index (χ3n) is 3.97. The van der Waals surface area contributed by atoms with Crippen LogP contribution in [0.3, 0.4) is 0 Å². The Morgan fingerprint density at radius 2 is 2.21 bits per heavy atom. The van der Waals surface area contributed by atoms with Gasteiger partial charge in [0.05, 0.1) is 5.56 Å². The Bertz CT molecular complexity index is 590. The number of aromatic amines is 1. The highest BCUT2D eigenvalue weighted by Gasteiger charge is 2.22. The van der Waals surface area contributed by atoms with Crippen molar-refractivity contribution >= 4 is 16.8 Å². The van der Waals surface area contributed by atoms with E-state index in [0.717, 1.165) is 42.3 Å². The van der Waals surface area contributed by atoms with E-state index in [1.807, 2.05) is 24.3 Å². The maximum absolute atomic E-state index is 12.2. The molecule has 4 heteroatoms. The SMILES string of the molecule is N[C@@H]1CC[C@H](CNC(=O)c2c[nH]c3ccccc23)C1. The molecular weight excluding hydrogens is 238 g/mol. The van der Waals surface area contributed by atoms with Gasteiger partial charge in [-0.3, -0.25) is 4.79 Å². The van der Waals surface area contributed by atoms with Crippen LogP contribution in [-0.4, -0.2) is 23.5 Å². The number of nitrogens with one attached hydrogen (secondary N) is 2. The van der Waals surface area contributed by atoms with Crippen LogP contribution in [0.25, 0.3) is 10.9 Å². The molecule has 4 nitrogen and oxygen atoms in total. The first-order chi connectivity index (χ1) is 9.24. The Labute approximate surface area is 112 Å². The summed E-state index contributed by atoms with van der Waals surface area (Å²) in [6.07, 6.45) is 5.00. The van der Waals surface area contributed by atoms with Crippen LogP contribution in [0.4, 0.5) is 0 Å². The molecule has 100 valence electrons. The Morgan fingerprint density at radius 1 is 1.37 bits per heavy atom. The molecule has 1 aromatic carbocycles. The van der Waals surface area contributed by atoms with E-state index in [1.54, 1.807) is 6.20 Å². The van der Waals surface area contributed by atoms with Crippen LogP contribution in [-0.2, 0) is 0 Å². The van der Waals surface area contributed by atoms with E-state index in [1.165, 1.54) is 0 Å². The summed E-state index contributed by atoms with van der Waals surface area (Å²) in [6.45, 7) is 0.728.